The Hall–Kier alpha value is -2.01. The maximum atomic E-state index is 5.59. The third-order valence-electron chi connectivity index (χ3n) is 6.38. The molecule has 0 amide bonds. The van der Waals surface area contributed by atoms with Crippen molar-refractivity contribution in [3.63, 3.8) is 0 Å². The first-order chi connectivity index (χ1) is 13.6. The average molecular weight is 384 g/mol. The van der Waals surface area contributed by atoms with Crippen LogP contribution in [0.3, 0.4) is 0 Å². The first-order valence-electron chi connectivity index (χ1n) is 10.7. The first-order valence-corrected chi connectivity index (χ1v) is 10.7. The summed E-state index contributed by atoms with van der Waals surface area (Å²) >= 11 is 0. The molecule has 1 aromatic heterocycles. The van der Waals surface area contributed by atoms with E-state index in [1.54, 1.807) is 14.2 Å². The third-order valence-corrected chi connectivity index (χ3v) is 6.38. The topological polar surface area (TPSA) is 46.6 Å². The van der Waals surface area contributed by atoms with Gasteiger partial charge >= 0.3 is 0 Å². The lowest BCUT2D eigenvalue weighted by Gasteiger charge is -2.36. The predicted molar refractivity (Wildman–Crippen MR) is 115 cm³/mol. The Bertz CT molecular complexity index is 836. The van der Waals surface area contributed by atoms with E-state index in [9.17, 15) is 0 Å². The van der Waals surface area contributed by atoms with Crippen molar-refractivity contribution in [2.24, 2.45) is 0 Å². The molecule has 28 heavy (non-hydrogen) atoms. The van der Waals surface area contributed by atoms with Gasteiger partial charge < -0.3 is 19.7 Å². The van der Waals surface area contributed by atoms with Gasteiger partial charge in [0.1, 0.15) is 0 Å². The number of aromatic nitrogens is 1. The zero-order valence-corrected chi connectivity index (χ0v) is 17.7. The molecule has 2 aliphatic rings. The fraction of sp³-hybridized carbons (Fsp3) is 0.609. The second-order valence-corrected chi connectivity index (χ2v) is 8.39. The van der Waals surface area contributed by atoms with E-state index in [4.69, 9.17) is 14.5 Å². The quantitative estimate of drug-likeness (QED) is 0.828. The van der Waals surface area contributed by atoms with Crippen LogP contribution < -0.4 is 14.8 Å². The Morgan fingerprint density at radius 1 is 1.04 bits per heavy atom. The van der Waals surface area contributed by atoms with Crippen molar-refractivity contribution in [2.45, 2.75) is 64.5 Å². The number of methoxy groups -OCH3 is 2. The van der Waals surface area contributed by atoms with Gasteiger partial charge in [0.2, 0.25) is 0 Å². The summed E-state index contributed by atoms with van der Waals surface area (Å²) in [6.07, 6.45) is 7.02. The van der Waals surface area contributed by atoms with Crippen LogP contribution in [-0.4, -0.2) is 49.3 Å². The molecule has 0 spiro atoms. The fourth-order valence-electron chi connectivity index (χ4n) is 4.68. The van der Waals surface area contributed by atoms with E-state index in [2.05, 4.69) is 30.1 Å². The van der Waals surface area contributed by atoms with Crippen molar-refractivity contribution in [2.75, 3.05) is 32.6 Å². The van der Waals surface area contributed by atoms with Gasteiger partial charge in [0.15, 0.2) is 11.5 Å². The minimum Gasteiger partial charge on any atom is -0.493 e. The number of nitrogens with zero attached hydrogens (tertiary/aromatic N) is 2. The van der Waals surface area contributed by atoms with E-state index < -0.39 is 0 Å². The van der Waals surface area contributed by atoms with Crippen LogP contribution in [-0.2, 0) is 12.8 Å². The molecule has 1 saturated heterocycles. The summed E-state index contributed by atoms with van der Waals surface area (Å²) < 4.78 is 11.1. The summed E-state index contributed by atoms with van der Waals surface area (Å²) in [6, 6.07) is 5.27. The van der Waals surface area contributed by atoms with Crippen LogP contribution in [0, 0.1) is 0 Å². The maximum absolute atomic E-state index is 5.59. The average Bonchev–Trinajstić information content (AvgIpc) is 2.73. The molecule has 1 aliphatic carbocycles. The van der Waals surface area contributed by atoms with Gasteiger partial charge in [-0.25, -0.2) is 0 Å². The van der Waals surface area contributed by atoms with Crippen LogP contribution in [0.2, 0.25) is 0 Å². The van der Waals surface area contributed by atoms with Crippen LogP contribution in [0.1, 0.15) is 50.8 Å². The van der Waals surface area contributed by atoms with Crippen molar-refractivity contribution in [3.05, 3.63) is 23.4 Å². The van der Waals surface area contributed by atoms with Crippen LogP contribution >= 0.6 is 0 Å². The van der Waals surface area contributed by atoms with Gasteiger partial charge in [-0.3, -0.25) is 4.98 Å². The van der Waals surface area contributed by atoms with E-state index in [-0.39, 0.29) is 0 Å². The molecular weight excluding hydrogens is 350 g/mol. The van der Waals surface area contributed by atoms with Gasteiger partial charge in [0, 0.05) is 48.0 Å². The number of hydrogen-bond donors (Lipinski definition) is 1. The van der Waals surface area contributed by atoms with Gasteiger partial charge in [-0.1, -0.05) is 0 Å². The first kappa shape index (κ1) is 19.3. The molecule has 2 heterocycles. The van der Waals surface area contributed by atoms with Gasteiger partial charge in [-0.05, 0) is 64.0 Å². The molecule has 2 aromatic rings. The van der Waals surface area contributed by atoms with Gasteiger partial charge in [-0.15, -0.1) is 0 Å². The molecule has 0 radical (unpaired) electrons. The number of benzene rings is 1. The number of rotatable bonds is 5. The van der Waals surface area contributed by atoms with E-state index in [0.717, 1.165) is 48.3 Å². The van der Waals surface area contributed by atoms with Crippen LogP contribution in [0.4, 0.5) is 5.69 Å². The lowest BCUT2D eigenvalue weighted by atomic mass is 9.91. The fourth-order valence-corrected chi connectivity index (χ4v) is 4.68. The van der Waals surface area contributed by atoms with E-state index in [1.165, 1.54) is 42.6 Å². The molecule has 1 aromatic carbocycles. The molecule has 1 fully saturated rings. The van der Waals surface area contributed by atoms with E-state index >= 15 is 0 Å². The van der Waals surface area contributed by atoms with Crippen LogP contribution in [0.25, 0.3) is 10.9 Å². The molecule has 152 valence electrons. The standard InChI is InChI=1S/C23H33N3O2/c1-15(2)26-11-9-16(10-12-26)24-23-17-7-5-6-8-19(17)25-20-14-22(28-4)21(27-3)13-18(20)23/h13-16H,5-12H2,1-4H3,(H,24,25). The molecule has 0 bridgehead atoms. The third kappa shape index (κ3) is 3.64. The number of nitrogens with one attached hydrogen (secondary N) is 1. The monoisotopic (exact) mass is 383 g/mol. The number of hydrogen-bond acceptors (Lipinski definition) is 5. The minimum atomic E-state index is 0.514. The Morgan fingerprint density at radius 2 is 1.71 bits per heavy atom. The number of aryl methyl sites for hydroxylation is 1. The lowest BCUT2D eigenvalue weighted by molar-refractivity contribution is 0.177. The summed E-state index contributed by atoms with van der Waals surface area (Å²) in [5.41, 5.74) is 4.95. The number of pyridine rings is 1. The van der Waals surface area contributed by atoms with Crippen LogP contribution in [0.5, 0.6) is 11.5 Å². The molecule has 1 aliphatic heterocycles. The van der Waals surface area contributed by atoms with Crippen molar-refractivity contribution in [3.8, 4) is 11.5 Å². The number of likely N-dealkylation sites (tertiary alicyclic amines) is 1. The SMILES string of the molecule is COc1cc2nc3c(c(NC4CCN(C(C)C)CC4)c2cc1OC)CCCC3. The molecule has 0 saturated carbocycles. The van der Waals surface area contributed by atoms with Gasteiger partial charge in [0.05, 0.1) is 19.7 Å². The Labute approximate surface area is 168 Å². The normalized spacial score (nSPS) is 18.3. The Kier molecular flexibility index (Phi) is 5.63. The minimum absolute atomic E-state index is 0.514. The lowest BCUT2D eigenvalue weighted by Crippen LogP contribution is -2.42. The van der Waals surface area contributed by atoms with E-state index in [0.29, 0.717) is 12.1 Å². The summed E-state index contributed by atoms with van der Waals surface area (Å²) in [5.74, 6) is 1.51. The summed E-state index contributed by atoms with van der Waals surface area (Å²) in [6.45, 7) is 6.91. The second kappa shape index (κ2) is 8.16. The molecule has 4 rings (SSSR count). The van der Waals surface area contributed by atoms with Crippen LogP contribution in [0.15, 0.2) is 12.1 Å². The molecule has 5 heteroatoms. The predicted octanol–water partition coefficient (Wildman–Crippen LogP) is 4.42. The Balaban J connectivity index is 1.72. The highest BCUT2D eigenvalue weighted by atomic mass is 16.5. The highest BCUT2D eigenvalue weighted by molar-refractivity contribution is 5.96. The van der Waals surface area contributed by atoms with Crippen molar-refractivity contribution in [1.82, 2.24) is 9.88 Å². The molecule has 0 atom stereocenters. The molecule has 5 nitrogen and oxygen atoms in total. The van der Waals surface area contributed by atoms with Crippen molar-refractivity contribution >= 4 is 16.6 Å². The van der Waals surface area contributed by atoms with E-state index in [1.807, 2.05) is 6.07 Å². The molecule has 0 unspecified atom stereocenters. The van der Waals surface area contributed by atoms with Gasteiger partial charge in [-0.2, -0.15) is 0 Å². The summed E-state index contributed by atoms with van der Waals surface area (Å²) in [7, 11) is 3.38. The number of fused-ring (bicyclic) bond motifs is 2. The summed E-state index contributed by atoms with van der Waals surface area (Å²) in [5, 5.41) is 5.09. The number of anilines is 1. The maximum Gasteiger partial charge on any atom is 0.162 e. The second-order valence-electron chi connectivity index (χ2n) is 8.39. The number of ether oxygens (including phenoxy) is 2. The summed E-state index contributed by atoms with van der Waals surface area (Å²) in [4.78, 5) is 7.58. The van der Waals surface area contributed by atoms with Gasteiger partial charge in [0.25, 0.3) is 0 Å². The zero-order valence-electron chi connectivity index (χ0n) is 17.7. The molecule has 1 N–H and O–H groups in total. The van der Waals surface area contributed by atoms with Crippen molar-refractivity contribution in [1.29, 1.82) is 0 Å². The number of piperidine rings is 1. The zero-order chi connectivity index (χ0) is 19.7. The Morgan fingerprint density at radius 3 is 2.39 bits per heavy atom. The van der Waals surface area contributed by atoms with Crippen molar-refractivity contribution < 1.29 is 9.47 Å². The largest absolute Gasteiger partial charge is 0.493 e. The highest BCUT2D eigenvalue weighted by Gasteiger charge is 2.25. The smallest absolute Gasteiger partial charge is 0.162 e. The highest BCUT2D eigenvalue weighted by Crippen LogP contribution is 2.39. The molecular formula is C23H33N3O2.